The smallest absolute Gasteiger partial charge is 0.292 e. The van der Waals surface area contributed by atoms with Gasteiger partial charge in [0.25, 0.3) is 5.69 Å². The topological polar surface area (TPSA) is 81.5 Å². The Hall–Kier alpha value is -2.12. The second-order valence-electron chi connectivity index (χ2n) is 4.87. The van der Waals surface area contributed by atoms with Crippen LogP contribution >= 0.6 is 27.5 Å². The van der Waals surface area contributed by atoms with Gasteiger partial charge in [0.15, 0.2) is 0 Å². The molecule has 0 amide bonds. The summed E-state index contributed by atoms with van der Waals surface area (Å²) in [6, 6.07) is 9.09. The number of methoxy groups -OCH3 is 1. The zero-order valence-corrected chi connectivity index (χ0v) is 15.0. The Kier molecular flexibility index (Phi) is 6.16. The molecule has 0 aliphatic rings. The first kappa shape index (κ1) is 18.2. The van der Waals surface area contributed by atoms with Gasteiger partial charge in [-0.15, -0.1) is 0 Å². The van der Waals surface area contributed by atoms with E-state index >= 15 is 0 Å². The average molecular weight is 414 g/mol. The van der Waals surface area contributed by atoms with E-state index < -0.39 is 11.0 Å². The van der Waals surface area contributed by atoms with E-state index in [1.165, 1.54) is 25.3 Å². The SMILES string of the molecule is COc1ccc([N+](=O)[O-])c(N[C@H](CC=O)c2c(Cl)cccc2Br)c1. The van der Waals surface area contributed by atoms with Crippen molar-refractivity contribution in [1.82, 2.24) is 0 Å². The third-order valence-electron chi connectivity index (χ3n) is 3.41. The third kappa shape index (κ3) is 4.04. The second-order valence-corrected chi connectivity index (χ2v) is 6.14. The number of nitrogens with one attached hydrogen (secondary N) is 1. The molecule has 1 N–H and O–H groups in total. The molecular weight excluding hydrogens is 400 g/mol. The minimum Gasteiger partial charge on any atom is -0.497 e. The number of carbonyl (C=O) groups is 1. The molecule has 0 aromatic heterocycles. The summed E-state index contributed by atoms with van der Waals surface area (Å²) >= 11 is 9.65. The molecule has 8 heteroatoms. The quantitative estimate of drug-likeness (QED) is 0.402. The monoisotopic (exact) mass is 412 g/mol. The molecule has 6 nitrogen and oxygen atoms in total. The molecule has 0 bridgehead atoms. The van der Waals surface area contributed by atoms with Crippen LogP contribution in [0, 0.1) is 10.1 Å². The van der Waals surface area contributed by atoms with Crippen molar-refractivity contribution in [3.63, 3.8) is 0 Å². The molecule has 0 radical (unpaired) electrons. The summed E-state index contributed by atoms with van der Waals surface area (Å²) in [4.78, 5) is 21.8. The molecule has 0 saturated heterocycles. The number of anilines is 1. The first-order valence-electron chi connectivity index (χ1n) is 6.94. The molecule has 0 fully saturated rings. The van der Waals surface area contributed by atoms with Gasteiger partial charge in [0.2, 0.25) is 0 Å². The zero-order chi connectivity index (χ0) is 17.7. The number of ether oxygens (including phenoxy) is 1. The van der Waals surface area contributed by atoms with E-state index in [-0.39, 0.29) is 17.8 Å². The van der Waals surface area contributed by atoms with Gasteiger partial charge in [0, 0.05) is 33.6 Å². The maximum atomic E-state index is 11.3. The minimum absolute atomic E-state index is 0.0939. The lowest BCUT2D eigenvalue weighted by molar-refractivity contribution is -0.384. The summed E-state index contributed by atoms with van der Waals surface area (Å²) in [6.45, 7) is 0. The molecule has 1 atom stereocenters. The fourth-order valence-electron chi connectivity index (χ4n) is 2.29. The third-order valence-corrected chi connectivity index (χ3v) is 4.43. The van der Waals surface area contributed by atoms with Crippen molar-refractivity contribution in [2.24, 2.45) is 0 Å². The number of rotatable bonds is 7. The van der Waals surface area contributed by atoms with Gasteiger partial charge in [-0.05, 0) is 18.2 Å². The predicted molar refractivity (Wildman–Crippen MR) is 95.8 cm³/mol. The van der Waals surface area contributed by atoms with Gasteiger partial charge >= 0.3 is 0 Å². The molecule has 2 aromatic carbocycles. The fourth-order valence-corrected chi connectivity index (χ4v) is 3.36. The summed E-state index contributed by atoms with van der Waals surface area (Å²) in [6.07, 6.45) is 0.830. The van der Waals surface area contributed by atoms with E-state index in [1.54, 1.807) is 18.2 Å². The lowest BCUT2D eigenvalue weighted by Gasteiger charge is -2.21. The number of hydrogen-bond acceptors (Lipinski definition) is 5. The van der Waals surface area contributed by atoms with Crippen molar-refractivity contribution in [2.45, 2.75) is 12.5 Å². The molecular formula is C16H14BrClN2O4. The highest BCUT2D eigenvalue weighted by Gasteiger charge is 2.22. The highest BCUT2D eigenvalue weighted by molar-refractivity contribution is 9.10. The van der Waals surface area contributed by atoms with Crippen molar-refractivity contribution in [3.05, 3.63) is 61.6 Å². The molecule has 24 heavy (non-hydrogen) atoms. The molecule has 0 unspecified atom stereocenters. The maximum absolute atomic E-state index is 11.3. The van der Waals surface area contributed by atoms with Gasteiger partial charge in [-0.1, -0.05) is 33.6 Å². The molecule has 0 aliphatic carbocycles. The van der Waals surface area contributed by atoms with Crippen molar-refractivity contribution in [3.8, 4) is 5.75 Å². The van der Waals surface area contributed by atoms with Crippen LogP contribution in [0.3, 0.4) is 0 Å². The summed E-state index contributed by atoms with van der Waals surface area (Å²) < 4.78 is 5.83. The van der Waals surface area contributed by atoms with Gasteiger partial charge in [0.1, 0.15) is 17.7 Å². The Morgan fingerprint density at radius 3 is 2.75 bits per heavy atom. The highest BCUT2D eigenvalue weighted by atomic mass is 79.9. The number of nitro benzene ring substituents is 1. The number of benzene rings is 2. The van der Waals surface area contributed by atoms with Crippen molar-refractivity contribution in [2.75, 3.05) is 12.4 Å². The first-order valence-corrected chi connectivity index (χ1v) is 8.11. The molecule has 0 saturated carbocycles. The molecule has 0 heterocycles. The zero-order valence-electron chi connectivity index (χ0n) is 12.7. The number of halogens is 2. The normalized spacial score (nSPS) is 11.6. The van der Waals surface area contributed by atoms with Crippen LogP contribution in [-0.2, 0) is 4.79 Å². The Balaban J connectivity index is 2.48. The summed E-state index contributed by atoms with van der Waals surface area (Å²) in [5.41, 5.74) is 0.788. The Morgan fingerprint density at radius 2 is 2.17 bits per heavy atom. The van der Waals surface area contributed by atoms with Crippen LogP contribution in [0.15, 0.2) is 40.9 Å². The van der Waals surface area contributed by atoms with Crippen molar-refractivity contribution in [1.29, 1.82) is 0 Å². The number of aldehydes is 1. The molecule has 126 valence electrons. The van der Waals surface area contributed by atoms with Crippen LogP contribution in [0.2, 0.25) is 5.02 Å². The number of nitrogens with zero attached hydrogens (tertiary/aromatic N) is 1. The van der Waals surface area contributed by atoms with E-state index in [0.29, 0.717) is 20.8 Å². The molecule has 2 rings (SSSR count). The van der Waals surface area contributed by atoms with Crippen molar-refractivity contribution >= 4 is 45.2 Å². The van der Waals surface area contributed by atoms with Crippen LogP contribution in [-0.4, -0.2) is 18.3 Å². The van der Waals surface area contributed by atoms with Gasteiger partial charge in [-0.25, -0.2) is 0 Å². The lowest BCUT2D eigenvalue weighted by Crippen LogP contribution is -2.14. The van der Waals surface area contributed by atoms with Crippen LogP contribution in [0.25, 0.3) is 0 Å². The van der Waals surface area contributed by atoms with Gasteiger partial charge in [0.05, 0.1) is 18.1 Å². The maximum Gasteiger partial charge on any atom is 0.292 e. The second kappa shape index (κ2) is 8.12. The standard InChI is InChI=1S/C16H14BrClN2O4/c1-24-10-5-6-15(20(22)23)14(9-10)19-13(7-8-21)16-11(17)3-2-4-12(16)18/h2-6,8-9,13,19H,7H2,1H3/t13-/m1/s1. The van der Waals surface area contributed by atoms with E-state index in [9.17, 15) is 14.9 Å². The van der Waals surface area contributed by atoms with Crippen LogP contribution in [0.4, 0.5) is 11.4 Å². The molecule has 2 aromatic rings. The van der Waals surface area contributed by atoms with Gasteiger partial charge in [-0.3, -0.25) is 10.1 Å². The number of carbonyl (C=O) groups excluding carboxylic acids is 1. The largest absolute Gasteiger partial charge is 0.497 e. The van der Waals surface area contributed by atoms with E-state index in [1.807, 2.05) is 0 Å². The molecule has 0 aliphatic heterocycles. The number of nitro groups is 1. The van der Waals surface area contributed by atoms with E-state index in [4.69, 9.17) is 16.3 Å². The van der Waals surface area contributed by atoms with Crippen LogP contribution in [0.5, 0.6) is 5.75 Å². The van der Waals surface area contributed by atoms with Gasteiger partial charge in [-0.2, -0.15) is 0 Å². The minimum atomic E-state index is -0.531. The Labute approximate surface area is 152 Å². The Bertz CT molecular complexity index is 749. The van der Waals surface area contributed by atoms with E-state index in [0.717, 1.165) is 6.29 Å². The summed E-state index contributed by atoms with van der Waals surface area (Å²) in [7, 11) is 1.47. The van der Waals surface area contributed by atoms with Crippen LogP contribution < -0.4 is 10.1 Å². The first-order chi connectivity index (χ1) is 11.5. The Morgan fingerprint density at radius 1 is 1.42 bits per heavy atom. The van der Waals surface area contributed by atoms with Crippen LogP contribution in [0.1, 0.15) is 18.0 Å². The van der Waals surface area contributed by atoms with Crippen molar-refractivity contribution < 1.29 is 14.5 Å². The predicted octanol–water partition coefficient (Wildman–Crippen LogP) is 4.76. The summed E-state index contributed by atoms with van der Waals surface area (Å²) in [5.74, 6) is 0.464. The number of hydrogen-bond donors (Lipinski definition) is 1. The molecule has 0 spiro atoms. The fraction of sp³-hybridized carbons (Fsp3) is 0.188. The van der Waals surface area contributed by atoms with E-state index in [2.05, 4.69) is 21.2 Å². The summed E-state index contributed by atoms with van der Waals surface area (Å²) in [5, 5.41) is 14.7. The average Bonchev–Trinajstić information content (AvgIpc) is 2.54. The lowest BCUT2D eigenvalue weighted by atomic mass is 10.0. The highest BCUT2D eigenvalue weighted by Crippen LogP contribution is 2.37. The van der Waals surface area contributed by atoms with Gasteiger partial charge < -0.3 is 14.8 Å².